The van der Waals surface area contributed by atoms with Gasteiger partial charge in [0.25, 0.3) is 0 Å². The van der Waals surface area contributed by atoms with Gasteiger partial charge in [-0.2, -0.15) is 9.78 Å². The van der Waals surface area contributed by atoms with Gasteiger partial charge in [-0.15, -0.1) is 5.10 Å². The van der Waals surface area contributed by atoms with Crippen LogP contribution < -0.4 is 0 Å². The van der Waals surface area contributed by atoms with Crippen LogP contribution in [0.2, 0.25) is 0 Å². The minimum Gasteiger partial charge on any atom is -0.232 e. The van der Waals surface area contributed by atoms with Crippen LogP contribution in [0, 0.1) is 12.7 Å². The number of hydrogen-bond donors (Lipinski definition) is 0. The van der Waals surface area contributed by atoms with Crippen LogP contribution in [0.1, 0.15) is 5.56 Å². The summed E-state index contributed by atoms with van der Waals surface area (Å²) in [6.07, 6.45) is 1.75. The van der Waals surface area contributed by atoms with Crippen molar-refractivity contribution in [2.24, 2.45) is 0 Å². The fraction of sp³-hybridized carbons (Fsp3) is 0.0435. The Bertz CT molecular complexity index is 1310. The Morgan fingerprint density at radius 3 is 2.20 bits per heavy atom. The summed E-state index contributed by atoms with van der Waals surface area (Å²) < 4.78 is 17.0. The fourth-order valence-electron chi connectivity index (χ4n) is 3.49. The van der Waals surface area contributed by atoms with Gasteiger partial charge in [0.1, 0.15) is 5.82 Å². The minimum atomic E-state index is -0.295. The molecule has 0 atom stereocenters. The smallest absolute Gasteiger partial charge is 0.190 e. The molecule has 2 aromatic heterocycles. The van der Waals surface area contributed by atoms with Crippen molar-refractivity contribution in [2.45, 2.75) is 6.92 Å². The summed E-state index contributed by atoms with van der Waals surface area (Å²) in [5, 5.41) is 17.0. The monoisotopic (exact) mass is 396 g/mol. The van der Waals surface area contributed by atoms with E-state index in [9.17, 15) is 4.39 Å². The lowest BCUT2D eigenvalue weighted by atomic mass is 10.0. The van der Waals surface area contributed by atoms with Crippen molar-refractivity contribution >= 4 is 0 Å². The van der Waals surface area contributed by atoms with Crippen LogP contribution in [0.15, 0.2) is 85.1 Å². The maximum atomic E-state index is 13.5. The molecule has 0 amide bonds. The zero-order valence-corrected chi connectivity index (χ0v) is 16.1. The summed E-state index contributed by atoms with van der Waals surface area (Å²) in [6, 6.07) is 24.0. The molecule has 0 aliphatic rings. The number of benzene rings is 3. The van der Waals surface area contributed by atoms with Gasteiger partial charge in [0.2, 0.25) is 0 Å². The molecule has 3 aromatic carbocycles. The number of para-hydroxylation sites is 1. The highest BCUT2D eigenvalue weighted by Gasteiger charge is 2.22. The Labute approximate surface area is 172 Å². The molecule has 5 aromatic rings. The standard InChI is InChI=1S/C23H17FN6/c1-16-7-5-6-10-20(16)22-21(15-25-29(22)19-13-11-17(24)12-14-19)23-26-27-28-30(23)18-8-3-2-4-9-18/h2-15H,1H3. The summed E-state index contributed by atoms with van der Waals surface area (Å²) in [7, 11) is 0. The lowest BCUT2D eigenvalue weighted by molar-refractivity contribution is 0.627. The van der Waals surface area contributed by atoms with Crippen LogP contribution in [0.4, 0.5) is 4.39 Å². The van der Waals surface area contributed by atoms with E-state index in [0.29, 0.717) is 5.82 Å². The van der Waals surface area contributed by atoms with Crippen molar-refractivity contribution in [1.82, 2.24) is 30.0 Å². The van der Waals surface area contributed by atoms with E-state index in [1.165, 1.54) is 12.1 Å². The molecule has 6 nitrogen and oxygen atoms in total. The summed E-state index contributed by atoms with van der Waals surface area (Å²) in [5.41, 5.74) is 5.30. The van der Waals surface area contributed by atoms with Gasteiger partial charge in [0.05, 0.1) is 28.8 Å². The maximum absolute atomic E-state index is 13.5. The molecule has 0 fully saturated rings. The molecule has 30 heavy (non-hydrogen) atoms. The highest BCUT2D eigenvalue weighted by molar-refractivity contribution is 5.81. The van der Waals surface area contributed by atoms with E-state index >= 15 is 0 Å². The molecule has 0 saturated carbocycles. The van der Waals surface area contributed by atoms with Crippen LogP contribution in [-0.4, -0.2) is 30.0 Å². The van der Waals surface area contributed by atoms with Gasteiger partial charge < -0.3 is 0 Å². The van der Waals surface area contributed by atoms with E-state index in [4.69, 9.17) is 0 Å². The lowest BCUT2D eigenvalue weighted by Crippen LogP contribution is -2.03. The van der Waals surface area contributed by atoms with Gasteiger partial charge in [-0.1, -0.05) is 42.5 Å². The molecule has 0 bridgehead atoms. The second kappa shape index (κ2) is 7.36. The third-order valence-electron chi connectivity index (χ3n) is 4.95. The first kappa shape index (κ1) is 17.9. The number of aryl methyl sites for hydroxylation is 1. The quantitative estimate of drug-likeness (QED) is 0.444. The van der Waals surface area contributed by atoms with Crippen molar-refractivity contribution in [3.63, 3.8) is 0 Å². The fourth-order valence-corrected chi connectivity index (χ4v) is 3.49. The molecule has 0 N–H and O–H groups in total. The normalized spacial score (nSPS) is 11.0. The molecule has 0 aliphatic carbocycles. The molecular formula is C23H17FN6. The van der Waals surface area contributed by atoms with Gasteiger partial charge in [0.15, 0.2) is 5.82 Å². The zero-order valence-electron chi connectivity index (χ0n) is 16.1. The predicted octanol–water partition coefficient (Wildman–Crippen LogP) is 4.63. The van der Waals surface area contributed by atoms with Crippen molar-refractivity contribution in [2.75, 3.05) is 0 Å². The SMILES string of the molecule is Cc1ccccc1-c1c(-c2nnnn2-c2ccccc2)cnn1-c1ccc(F)cc1. The summed E-state index contributed by atoms with van der Waals surface area (Å²) >= 11 is 0. The Morgan fingerprint density at radius 1 is 0.733 bits per heavy atom. The van der Waals surface area contributed by atoms with Crippen LogP contribution in [0.3, 0.4) is 0 Å². The average molecular weight is 396 g/mol. The van der Waals surface area contributed by atoms with Crippen LogP contribution >= 0.6 is 0 Å². The summed E-state index contributed by atoms with van der Waals surface area (Å²) in [6.45, 7) is 2.04. The van der Waals surface area contributed by atoms with Crippen LogP contribution in [0.25, 0.3) is 34.0 Å². The molecule has 0 radical (unpaired) electrons. The highest BCUT2D eigenvalue weighted by Crippen LogP contribution is 2.35. The number of rotatable bonds is 4. The van der Waals surface area contributed by atoms with Gasteiger partial charge in [-0.25, -0.2) is 9.07 Å². The number of halogens is 1. The number of nitrogens with zero attached hydrogens (tertiary/aromatic N) is 6. The van der Waals surface area contributed by atoms with Crippen molar-refractivity contribution in [3.05, 3.63) is 96.4 Å². The first-order valence-corrected chi connectivity index (χ1v) is 9.46. The average Bonchev–Trinajstić information content (AvgIpc) is 3.42. The molecule has 0 unspecified atom stereocenters. The third kappa shape index (κ3) is 3.06. The minimum absolute atomic E-state index is 0.295. The van der Waals surface area contributed by atoms with Crippen molar-refractivity contribution in [3.8, 4) is 34.0 Å². The molecule has 0 saturated heterocycles. The second-order valence-corrected chi connectivity index (χ2v) is 6.86. The Balaban J connectivity index is 1.76. The summed E-state index contributed by atoms with van der Waals surface area (Å²) in [4.78, 5) is 0. The zero-order chi connectivity index (χ0) is 20.5. The maximum Gasteiger partial charge on any atom is 0.190 e. The summed E-state index contributed by atoms with van der Waals surface area (Å²) in [5.74, 6) is 0.282. The Kier molecular flexibility index (Phi) is 4.40. The van der Waals surface area contributed by atoms with E-state index in [1.54, 1.807) is 27.7 Å². The first-order chi connectivity index (χ1) is 14.7. The number of hydrogen-bond acceptors (Lipinski definition) is 4. The molecule has 2 heterocycles. The van der Waals surface area contributed by atoms with Gasteiger partial charge >= 0.3 is 0 Å². The Hall–Kier alpha value is -4.13. The molecule has 0 aliphatic heterocycles. The third-order valence-corrected chi connectivity index (χ3v) is 4.95. The predicted molar refractivity (Wildman–Crippen MR) is 112 cm³/mol. The lowest BCUT2D eigenvalue weighted by Gasteiger charge is -2.12. The second-order valence-electron chi connectivity index (χ2n) is 6.86. The Morgan fingerprint density at radius 2 is 1.43 bits per heavy atom. The molecule has 0 spiro atoms. The van der Waals surface area contributed by atoms with Gasteiger partial charge in [-0.3, -0.25) is 0 Å². The number of tetrazole rings is 1. The van der Waals surface area contributed by atoms with Crippen LogP contribution in [0.5, 0.6) is 0 Å². The van der Waals surface area contributed by atoms with E-state index in [1.807, 2.05) is 61.5 Å². The van der Waals surface area contributed by atoms with Crippen molar-refractivity contribution < 1.29 is 4.39 Å². The van der Waals surface area contributed by atoms with E-state index in [-0.39, 0.29) is 5.82 Å². The van der Waals surface area contributed by atoms with E-state index < -0.39 is 0 Å². The van der Waals surface area contributed by atoms with Crippen molar-refractivity contribution in [1.29, 1.82) is 0 Å². The largest absolute Gasteiger partial charge is 0.232 e. The van der Waals surface area contributed by atoms with Gasteiger partial charge in [-0.05, 0) is 59.3 Å². The molecule has 5 rings (SSSR count). The van der Waals surface area contributed by atoms with E-state index in [2.05, 4.69) is 20.6 Å². The number of aromatic nitrogens is 6. The van der Waals surface area contributed by atoms with Gasteiger partial charge in [0, 0.05) is 5.56 Å². The molecular weight excluding hydrogens is 379 g/mol. The van der Waals surface area contributed by atoms with E-state index in [0.717, 1.165) is 33.8 Å². The highest BCUT2D eigenvalue weighted by atomic mass is 19.1. The molecule has 146 valence electrons. The van der Waals surface area contributed by atoms with Crippen LogP contribution in [-0.2, 0) is 0 Å². The topological polar surface area (TPSA) is 61.4 Å². The molecule has 7 heteroatoms. The first-order valence-electron chi connectivity index (χ1n) is 9.46.